The average Bonchev–Trinajstić information content (AvgIpc) is 2.48. The van der Waals surface area contributed by atoms with E-state index >= 15 is 0 Å². The highest BCUT2D eigenvalue weighted by Crippen LogP contribution is 2.33. The molecule has 0 amide bonds. The molecule has 2 rings (SSSR count). The monoisotopic (exact) mass is 289 g/mol. The van der Waals surface area contributed by atoms with Gasteiger partial charge in [-0.25, -0.2) is 0 Å². The highest BCUT2D eigenvalue weighted by Gasteiger charge is 2.35. The van der Waals surface area contributed by atoms with E-state index in [-0.39, 0.29) is 0 Å². The predicted molar refractivity (Wildman–Crippen MR) is 89.9 cm³/mol. The van der Waals surface area contributed by atoms with Crippen LogP contribution in [0.1, 0.15) is 52.5 Å². The number of ether oxygens (including phenoxy) is 1. The van der Waals surface area contributed by atoms with E-state index in [9.17, 15) is 0 Å². The molecular formula is C19H31NO. The van der Waals surface area contributed by atoms with Gasteiger partial charge < -0.3 is 10.1 Å². The maximum Gasteiger partial charge on any atom is 0.122 e. The first-order valence-electron chi connectivity index (χ1n) is 8.63. The first-order valence-corrected chi connectivity index (χ1v) is 8.63. The van der Waals surface area contributed by atoms with Crippen LogP contribution in [0.3, 0.4) is 0 Å². The van der Waals surface area contributed by atoms with Crippen LogP contribution >= 0.6 is 0 Å². The van der Waals surface area contributed by atoms with Crippen molar-refractivity contribution in [1.82, 2.24) is 5.32 Å². The van der Waals surface area contributed by atoms with Crippen LogP contribution in [0.2, 0.25) is 0 Å². The molecule has 2 nitrogen and oxygen atoms in total. The van der Waals surface area contributed by atoms with Crippen LogP contribution in [-0.4, -0.2) is 18.7 Å². The van der Waals surface area contributed by atoms with Crippen LogP contribution in [0.25, 0.3) is 0 Å². The lowest BCUT2D eigenvalue weighted by Crippen LogP contribution is -2.51. The van der Waals surface area contributed by atoms with E-state index in [4.69, 9.17) is 4.74 Å². The van der Waals surface area contributed by atoms with Gasteiger partial charge in [-0.3, -0.25) is 0 Å². The number of hydrogen-bond donors (Lipinski definition) is 1. The van der Waals surface area contributed by atoms with Crippen LogP contribution in [0.15, 0.2) is 24.3 Å². The Kier molecular flexibility index (Phi) is 6.10. The molecule has 0 radical (unpaired) electrons. The molecule has 0 spiro atoms. The second-order valence-electron chi connectivity index (χ2n) is 6.66. The minimum Gasteiger partial charge on any atom is -0.488 e. The van der Waals surface area contributed by atoms with Crippen molar-refractivity contribution < 1.29 is 4.74 Å². The van der Waals surface area contributed by atoms with E-state index < -0.39 is 0 Å². The van der Waals surface area contributed by atoms with Crippen molar-refractivity contribution in [2.75, 3.05) is 6.54 Å². The average molecular weight is 289 g/mol. The Bertz CT molecular complexity index is 431. The van der Waals surface area contributed by atoms with Crippen molar-refractivity contribution in [3.8, 4) is 5.75 Å². The van der Waals surface area contributed by atoms with Crippen molar-refractivity contribution in [2.45, 2.75) is 65.5 Å². The molecule has 0 heterocycles. The van der Waals surface area contributed by atoms with Crippen molar-refractivity contribution >= 4 is 0 Å². The minimum absolute atomic E-state index is 0.292. The molecule has 21 heavy (non-hydrogen) atoms. The van der Waals surface area contributed by atoms with Gasteiger partial charge in [0.25, 0.3) is 0 Å². The summed E-state index contributed by atoms with van der Waals surface area (Å²) >= 11 is 0. The first-order chi connectivity index (χ1) is 10.2. The van der Waals surface area contributed by atoms with E-state index in [0.29, 0.717) is 18.1 Å². The van der Waals surface area contributed by atoms with Gasteiger partial charge in [-0.1, -0.05) is 45.9 Å². The third-order valence-electron chi connectivity index (χ3n) is 4.66. The van der Waals surface area contributed by atoms with Gasteiger partial charge in [0.15, 0.2) is 0 Å². The van der Waals surface area contributed by atoms with Crippen LogP contribution in [0, 0.1) is 11.8 Å². The Morgan fingerprint density at radius 3 is 2.62 bits per heavy atom. The number of para-hydroxylation sites is 1. The van der Waals surface area contributed by atoms with E-state index in [1.165, 1.54) is 24.8 Å². The summed E-state index contributed by atoms with van der Waals surface area (Å²) in [7, 11) is 0. The summed E-state index contributed by atoms with van der Waals surface area (Å²) < 4.78 is 6.49. The van der Waals surface area contributed by atoms with E-state index in [1.54, 1.807) is 0 Å². The lowest BCUT2D eigenvalue weighted by molar-refractivity contribution is 0.0471. The Balaban J connectivity index is 2.13. The summed E-state index contributed by atoms with van der Waals surface area (Å²) in [6, 6.07) is 8.97. The zero-order valence-corrected chi connectivity index (χ0v) is 14.1. The van der Waals surface area contributed by atoms with Gasteiger partial charge in [-0.15, -0.1) is 0 Å². The zero-order valence-electron chi connectivity index (χ0n) is 14.1. The molecule has 4 atom stereocenters. The molecule has 1 aromatic carbocycles. The second-order valence-corrected chi connectivity index (χ2v) is 6.66. The standard InChI is InChI=1S/C19H31NO/c1-5-11-20-17-13-14(3)12-15(4)19(17)21-18-10-8-7-9-16(18)6-2/h7-10,14-15,17,19-20H,5-6,11-13H2,1-4H3. The molecule has 0 aliphatic heterocycles. The highest BCUT2D eigenvalue weighted by atomic mass is 16.5. The predicted octanol–water partition coefficient (Wildman–Crippen LogP) is 4.43. The summed E-state index contributed by atoms with van der Waals surface area (Å²) in [5.41, 5.74) is 1.32. The molecule has 1 N–H and O–H groups in total. The molecule has 0 saturated heterocycles. The number of aryl methyl sites for hydroxylation is 1. The van der Waals surface area contributed by atoms with Gasteiger partial charge in [-0.05, 0) is 55.7 Å². The SMILES string of the molecule is CCCNC1CC(C)CC(C)C1Oc1ccccc1CC. The summed E-state index contributed by atoms with van der Waals surface area (Å²) in [5, 5.41) is 3.71. The third-order valence-corrected chi connectivity index (χ3v) is 4.66. The van der Waals surface area contributed by atoms with Crippen LogP contribution in [0.4, 0.5) is 0 Å². The van der Waals surface area contributed by atoms with Crippen molar-refractivity contribution in [3.63, 3.8) is 0 Å². The van der Waals surface area contributed by atoms with E-state index in [2.05, 4.69) is 57.3 Å². The second kappa shape index (κ2) is 7.84. The fraction of sp³-hybridized carbons (Fsp3) is 0.684. The minimum atomic E-state index is 0.292. The highest BCUT2D eigenvalue weighted by molar-refractivity contribution is 5.33. The van der Waals surface area contributed by atoms with Crippen molar-refractivity contribution in [1.29, 1.82) is 0 Å². The van der Waals surface area contributed by atoms with Gasteiger partial charge in [-0.2, -0.15) is 0 Å². The largest absolute Gasteiger partial charge is 0.488 e. The van der Waals surface area contributed by atoms with Gasteiger partial charge in [0.2, 0.25) is 0 Å². The van der Waals surface area contributed by atoms with Crippen molar-refractivity contribution in [3.05, 3.63) is 29.8 Å². The molecular weight excluding hydrogens is 258 g/mol. The van der Waals surface area contributed by atoms with Crippen molar-refractivity contribution in [2.24, 2.45) is 11.8 Å². The number of benzene rings is 1. The topological polar surface area (TPSA) is 21.3 Å². The molecule has 1 aliphatic carbocycles. The summed E-state index contributed by atoms with van der Waals surface area (Å²) in [6.45, 7) is 10.2. The van der Waals surface area contributed by atoms with E-state index in [1.807, 2.05) is 0 Å². The number of hydrogen-bond acceptors (Lipinski definition) is 2. The Labute approximate surface area is 130 Å². The molecule has 0 bridgehead atoms. The maximum atomic E-state index is 6.49. The third kappa shape index (κ3) is 4.23. The van der Waals surface area contributed by atoms with Gasteiger partial charge >= 0.3 is 0 Å². The molecule has 4 unspecified atom stereocenters. The molecule has 1 aromatic rings. The zero-order chi connectivity index (χ0) is 15.2. The molecule has 1 fully saturated rings. The molecule has 1 aliphatic rings. The molecule has 1 saturated carbocycles. The fourth-order valence-electron chi connectivity index (χ4n) is 3.61. The van der Waals surface area contributed by atoms with Crippen LogP contribution in [0.5, 0.6) is 5.75 Å². The van der Waals surface area contributed by atoms with E-state index in [0.717, 1.165) is 24.6 Å². The quantitative estimate of drug-likeness (QED) is 0.836. The summed E-state index contributed by atoms with van der Waals surface area (Å²) in [4.78, 5) is 0. The Hall–Kier alpha value is -1.02. The lowest BCUT2D eigenvalue weighted by Gasteiger charge is -2.40. The molecule has 2 heteroatoms. The lowest BCUT2D eigenvalue weighted by atomic mass is 9.78. The first kappa shape index (κ1) is 16.4. The number of nitrogens with one attached hydrogen (secondary N) is 1. The summed E-state index contributed by atoms with van der Waals surface area (Å²) in [5.74, 6) is 2.47. The van der Waals surface area contributed by atoms with Crippen LogP contribution < -0.4 is 10.1 Å². The molecule has 0 aromatic heterocycles. The Morgan fingerprint density at radius 2 is 1.90 bits per heavy atom. The van der Waals surface area contributed by atoms with Gasteiger partial charge in [0.1, 0.15) is 11.9 Å². The normalized spacial score (nSPS) is 29.3. The molecule has 118 valence electrons. The van der Waals surface area contributed by atoms with Gasteiger partial charge in [0, 0.05) is 6.04 Å². The van der Waals surface area contributed by atoms with Gasteiger partial charge in [0.05, 0.1) is 0 Å². The van der Waals surface area contributed by atoms with Crippen LogP contribution in [-0.2, 0) is 6.42 Å². The maximum absolute atomic E-state index is 6.49. The smallest absolute Gasteiger partial charge is 0.122 e. The fourth-order valence-corrected chi connectivity index (χ4v) is 3.61. The Morgan fingerprint density at radius 1 is 1.14 bits per heavy atom. The summed E-state index contributed by atoms with van der Waals surface area (Å²) in [6.07, 6.45) is 4.99. The number of rotatable bonds is 6.